The van der Waals surface area contributed by atoms with Gasteiger partial charge in [0.2, 0.25) is 0 Å². The number of hydrogen-bond acceptors (Lipinski definition) is 5. The highest BCUT2D eigenvalue weighted by Gasteiger charge is 2.39. The fraction of sp³-hybridized carbons (Fsp3) is 0.200. The van der Waals surface area contributed by atoms with E-state index in [1.807, 2.05) is 12.1 Å². The van der Waals surface area contributed by atoms with Crippen molar-refractivity contribution in [1.29, 1.82) is 5.26 Å². The van der Waals surface area contributed by atoms with E-state index >= 15 is 0 Å². The average Bonchev–Trinajstić information content (AvgIpc) is 2.94. The number of allylic oxidation sites excluding steroid dienone is 1. The van der Waals surface area contributed by atoms with Gasteiger partial charge < -0.3 is 0 Å². The van der Waals surface area contributed by atoms with E-state index in [-0.39, 0.29) is 17.9 Å². The number of carbonyl (C=O) groups is 2. The zero-order chi connectivity index (χ0) is 18.1. The fourth-order valence-corrected chi connectivity index (χ4v) is 4.13. The van der Waals surface area contributed by atoms with Gasteiger partial charge in [-0.25, -0.2) is 0 Å². The van der Waals surface area contributed by atoms with Crippen molar-refractivity contribution in [2.45, 2.75) is 30.2 Å². The second kappa shape index (κ2) is 6.77. The quantitative estimate of drug-likeness (QED) is 0.471. The summed E-state index contributed by atoms with van der Waals surface area (Å²) in [6.45, 7) is 0. The maximum absolute atomic E-state index is 12.7. The lowest BCUT2D eigenvalue weighted by Gasteiger charge is -2.28. The van der Waals surface area contributed by atoms with Gasteiger partial charge in [0.05, 0.1) is 17.2 Å². The van der Waals surface area contributed by atoms with Crippen LogP contribution >= 0.6 is 11.8 Å². The van der Waals surface area contributed by atoms with Crippen LogP contribution in [0.4, 0.5) is 0 Å². The number of hydrogen-bond donors (Lipinski definition) is 0. The Bertz CT molecular complexity index is 942. The molecule has 128 valence electrons. The minimum Gasteiger partial charge on any atom is -0.269 e. The second-order valence-electron chi connectivity index (χ2n) is 6.24. The SMILES string of the molecule is N#CSc1cnccc1C1=CC(N2C(=O)c3ccccc3C2=O)CCC1. The van der Waals surface area contributed by atoms with Gasteiger partial charge in [0, 0.05) is 17.3 Å². The van der Waals surface area contributed by atoms with Crippen LogP contribution in [0.1, 0.15) is 45.5 Å². The predicted molar refractivity (Wildman–Crippen MR) is 98.3 cm³/mol. The van der Waals surface area contributed by atoms with E-state index < -0.39 is 0 Å². The Morgan fingerprint density at radius 3 is 2.54 bits per heavy atom. The number of aromatic nitrogens is 1. The van der Waals surface area contributed by atoms with Gasteiger partial charge in [-0.05, 0) is 60.4 Å². The number of imide groups is 1. The molecule has 26 heavy (non-hydrogen) atoms. The molecule has 1 aliphatic carbocycles. The lowest BCUT2D eigenvalue weighted by Crippen LogP contribution is -2.39. The molecule has 2 heterocycles. The lowest BCUT2D eigenvalue weighted by molar-refractivity contribution is 0.0606. The molecule has 1 aliphatic heterocycles. The molecule has 2 amide bonds. The molecule has 4 rings (SSSR count). The zero-order valence-electron chi connectivity index (χ0n) is 13.9. The number of benzene rings is 1. The van der Waals surface area contributed by atoms with Crippen molar-refractivity contribution >= 4 is 29.1 Å². The molecular weight excluding hydrogens is 346 g/mol. The van der Waals surface area contributed by atoms with Crippen LogP contribution in [0.25, 0.3) is 5.57 Å². The number of carbonyl (C=O) groups excluding carboxylic acids is 2. The highest BCUT2D eigenvalue weighted by atomic mass is 32.2. The summed E-state index contributed by atoms with van der Waals surface area (Å²) >= 11 is 1.07. The number of nitriles is 1. The molecule has 0 saturated carbocycles. The standard InChI is InChI=1S/C20H15N3O2S/c21-12-26-18-11-22-9-8-15(18)13-4-3-5-14(10-13)23-19(24)16-6-1-2-7-17(16)20(23)25/h1-2,6-11,14H,3-5H2. The van der Waals surface area contributed by atoms with Crippen molar-refractivity contribution in [3.8, 4) is 5.40 Å². The molecule has 0 radical (unpaired) electrons. The summed E-state index contributed by atoms with van der Waals surface area (Å²) in [5.74, 6) is -0.455. The number of thiocyanates is 1. The Hall–Kier alpha value is -2.91. The van der Waals surface area contributed by atoms with E-state index in [0.29, 0.717) is 11.1 Å². The Balaban J connectivity index is 1.70. The van der Waals surface area contributed by atoms with Gasteiger partial charge in [-0.15, -0.1) is 0 Å². The molecule has 0 N–H and O–H groups in total. The molecule has 0 fully saturated rings. The number of amides is 2. The third kappa shape index (κ3) is 2.71. The van der Waals surface area contributed by atoms with Crippen LogP contribution in [0.2, 0.25) is 0 Å². The van der Waals surface area contributed by atoms with Crippen LogP contribution in [0, 0.1) is 10.7 Å². The molecule has 1 aromatic heterocycles. The summed E-state index contributed by atoms with van der Waals surface area (Å²) in [5, 5.41) is 11.1. The molecule has 2 aliphatic rings. The maximum atomic E-state index is 12.7. The molecule has 6 heteroatoms. The number of thioether (sulfide) groups is 1. The van der Waals surface area contributed by atoms with Gasteiger partial charge in [-0.1, -0.05) is 18.2 Å². The average molecular weight is 361 g/mol. The van der Waals surface area contributed by atoms with Crippen molar-refractivity contribution in [3.05, 3.63) is 65.5 Å². The van der Waals surface area contributed by atoms with E-state index in [0.717, 1.165) is 47.1 Å². The Morgan fingerprint density at radius 1 is 1.12 bits per heavy atom. The summed E-state index contributed by atoms with van der Waals surface area (Å²) in [5.41, 5.74) is 2.95. The molecular formula is C20H15N3O2S. The Morgan fingerprint density at radius 2 is 1.85 bits per heavy atom. The number of nitrogens with zero attached hydrogens (tertiary/aromatic N) is 3. The van der Waals surface area contributed by atoms with Gasteiger partial charge in [0.15, 0.2) is 0 Å². The highest BCUT2D eigenvalue weighted by Crippen LogP contribution is 2.36. The van der Waals surface area contributed by atoms with Crippen LogP contribution in [0.3, 0.4) is 0 Å². The van der Waals surface area contributed by atoms with Crippen molar-refractivity contribution in [3.63, 3.8) is 0 Å². The lowest BCUT2D eigenvalue weighted by atomic mass is 9.90. The van der Waals surface area contributed by atoms with Crippen LogP contribution in [0.5, 0.6) is 0 Å². The van der Waals surface area contributed by atoms with Crippen molar-refractivity contribution < 1.29 is 9.59 Å². The minimum atomic E-state index is -0.265. The topological polar surface area (TPSA) is 74.1 Å². The first kappa shape index (κ1) is 16.6. The minimum absolute atomic E-state index is 0.227. The zero-order valence-corrected chi connectivity index (χ0v) is 14.7. The van der Waals surface area contributed by atoms with Crippen LogP contribution < -0.4 is 0 Å². The molecule has 1 aromatic carbocycles. The largest absolute Gasteiger partial charge is 0.269 e. The van der Waals surface area contributed by atoms with E-state index in [1.165, 1.54) is 4.90 Å². The number of rotatable bonds is 3. The monoisotopic (exact) mass is 361 g/mol. The fourth-order valence-electron chi connectivity index (χ4n) is 3.61. The summed E-state index contributed by atoms with van der Waals surface area (Å²) < 4.78 is 0. The van der Waals surface area contributed by atoms with Gasteiger partial charge in [0.1, 0.15) is 5.40 Å². The number of fused-ring (bicyclic) bond motifs is 1. The Kier molecular flexibility index (Phi) is 4.31. The first-order valence-corrected chi connectivity index (χ1v) is 9.20. The first-order valence-electron chi connectivity index (χ1n) is 8.38. The Labute approximate surface area is 155 Å². The van der Waals surface area contributed by atoms with Crippen molar-refractivity contribution in [2.75, 3.05) is 0 Å². The van der Waals surface area contributed by atoms with Gasteiger partial charge in [0.25, 0.3) is 11.8 Å². The van der Waals surface area contributed by atoms with Gasteiger partial charge >= 0.3 is 0 Å². The van der Waals surface area contributed by atoms with E-state index in [1.54, 1.807) is 36.7 Å². The van der Waals surface area contributed by atoms with Crippen LogP contribution in [-0.2, 0) is 0 Å². The van der Waals surface area contributed by atoms with E-state index in [4.69, 9.17) is 5.26 Å². The maximum Gasteiger partial charge on any atom is 0.262 e. The van der Waals surface area contributed by atoms with Crippen LogP contribution in [0.15, 0.2) is 53.7 Å². The molecule has 0 spiro atoms. The predicted octanol–water partition coefficient (Wildman–Crippen LogP) is 3.89. The first-order chi connectivity index (χ1) is 12.7. The third-order valence-corrected chi connectivity index (χ3v) is 5.42. The summed E-state index contributed by atoms with van der Waals surface area (Å²) in [7, 11) is 0. The molecule has 2 aromatic rings. The molecule has 0 saturated heterocycles. The van der Waals surface area contributed by atoms with Gasteiger partial charge in [-0.2, -0.15) is 5.26 Å². The molecule has 5 nitrogen and oxygen atoms in total. The van der Waals surface area contributed by atoms with Crippen LogP contribution in [-0.4, -0.2) is 27.7 Å². The van der Waals surface area contributed by atoms with E-state index in [9.17, 15) is 9.59 Å². The third-order valence-electron chi connectivity index (χ3n) is 4.78. The van der Waals surface area contributed by atoms with Crippen molar-refractivity contribution in [2.24, 2.45) is 0 Å². The second-order valence-corrected chi connectivity index (χ2v) is 7.07. The summed E-state index contributed by atoms with van der Waals surface area (Å²) in [6.07, 6.45) is 7.85. The summed E-state index contributed by atoms with van der Waals surface area (Å²) in [4.78, 5) is 31.7. The number of pyridine rings is 1. The van der Waals surface area contributed by atoms with Crippen molar-refractivity contribution in [1.82, 2.24) is 9.88 Å². The van der Waals surface area contributed by atoms with Gasteiger partial charge in [-0.3, -0.25) is 19.5 Å². The molecule has 1 unspecified atom stereocenters. The normalized spacial score (nSPS) is 19.1. The molecule has 1 atom stereocenters. The smallest absolute Gasteiger partial charge is 0.262 e. The summed E-state index contributed by atoms with van der Waals surface area (Å²) in [6, 6.07) is 8.58. The highest BCUT2D eigenvalue weighted by molar-refractivity contribution is 8.03. The molecule has 0 bridgehead atoms. The van der Waals surface area contributed by atoms with E-state index in [2.05, 4.69) is 10.4 Å².